The molecule has 2 heterocycles. The number of nitrogens with zero attached hydrogens (tertiary/aromatic N) is 8. The summed E-state index contributed by atoms with van der Waals surface area (Å²) in [6.07, 6.45) is 1.40. The predicted molar refractivity (Wildman–Crippen MR) is 370 cm³/mol. The highest BCUT2D eigenvalue weighted by molar-refractivity contribution is 8.55. The molecule has 1 unspecified atom stereocenters. The lowest BCUT2D eigenvalue weighted by Crippen LogP contribution is -2.27. The summed E-state index contributed by atoms with van der Waals surface area (Å²) in [6, 6.07) is 32.0. The van der Waals surface area contributed by atoms with Crippen molar-refractivity contribution in [2.75, 3.05) is 87.6 Å². The van der Waals surface area contributed by atoms with Gasteiger partial charge in [0.05, 0.1) is 47.6 Å². The van der Waals surface area contributed by atoms with Crippen LogP contribution in [0.5, 0.6) is 0 Å². The number of nitrogens with one attached hydrogen (secondary N) is 1. The van der Waals surface area contributed by atoms with Crippen molar-refractivity contribution >= 4 is 161 Å². The van der Waals surface area contributed by atoms with E-state index in [0.29, 0.717) is 64.6 Å². The van der Waals surface area contributed by atoms with Gasteiger partial charge in [0.15, 0.2) is 28.4 Å². The molecule has 2 aromatic heterocycles. The van der Waals surface area contributed by atoms with E-state index in [2.05, 4.69) is 25.8 Å². The van der Waals surface area contributed by atoms with Gasteiger partial charge in [0, 0.05) is 126 Å². The third kappa shape index (κ3) is 31.9. The van der Waals surface area contributed by atoms with Crippen LogP contribution >= 0.6 is 91.5 Å². The van der Waals surface area contributed by atoms with Crippen molar-refractivity contribution < 1.29 is 77.5 Å². The number of oxazole rings is 1. The van der Waals surface area contributed by atoms with Gasteiger partial charge in [0.1, 0.15) is 18.2 Å². The summed E-state index contributed by atoms with van der Waals surface area (Å²) in [7, 11) is 9.60. The molecule has 0 spiro atoms. The number of thioether (sulfide) groups is 1. The quantitative estimate of drug-likeness (QED) is 0.0181. The molecule has 0 aliphatic carbocycles. The van der Waals surface area contributed by atoms with Crippen LogP contribution in [-0.4, -0.2) is 125 Å². The van der Waals surface area contributed by atoms with Gasteiger partial charge in [-0.05, 0) is 63.4 Å². The highest BCUT2D eigenvalue weighted by atomic mass is 35.5. The summed E-state index contributed by atoms with van der Waals surface area (Å²) < 4.78 is 94.9. The van der Waals surface area contributed by atoms with Crippen molar-refractivity contribution in [1.29, 1.82) is 15.8 Å². The van der Waals surface area contributed by atoms with E-state index in [9.17, 15) is 18.7 Å². The minimum absolute atomic E-state index is 0.00309. The summed E-state index contributed by atoms with van der Waals surface area (Å²) in [5.74, 6) is 0.744. The number of amides is 1. The Hall–Kier alpha value is -3.93. The number of carbonyl (C=O) groups is 1. The highest BCUT2D eigenvalue weighted by Gasteiger charge is 2.26. The van der Waals surface area contributed by atoms with Crippen LogP contribution in [0.3, 0.4) is 0 Å². The topological polar surface area (TPSA) is 340 Å². The first-order valence-electron chi connectivity index (χ1n) is 25.9. The van der Waals surface area contributed by atoms with Crippen molar-refractivity contribution in [3.63, 3.8) is 0 Å². The minimum atomic E-state index is -3.27. The van der Waals surface area contributed by atoms with E-state index in [0.717, 1.165) is 28.5 Å². The van der Waals surface area contributed by atoms with Crippen LogP contribution in [0.4, 0.5) is 0 Å². The molecule has 1 N–H and O–H groups in total. The Morgan fingerprint density at radius 2 is 1.07 bits per heavy atom. The molecule has 0 saturated carbocycles. The smallest absolute Gasteiger partial charge is 0.406 e. The lowest BCUT2D eigenvalue weighted by molar-refractivity contribution is -0.119. The van der Waals surface area contributed by atoms with Crippen molar-refractivity contribution in [1.82, 2.24) is 14.9 Å². The van der Waals surface area contributed by atoms with Crippen LogP contribution in [0.15, 0.2) is 122 Å². The molecule has 500 valence electrons. The van der Waals surface area contributed by atoms with Gasteiger partial charge in [-0.2, -0.15) is 15.8 Å². The van der Waals surface area contributed by atoms with Gasteiger partial charge in [-0.3, -0.25) is 22.9 Å². The first-order valence-corrected chi connectivity index (χ1v) is 41.6. The van der Waals surface area contributed by atoms with Gasteiger partial charge in [-0.15, -0.1) is 11.8 Å². The Morgan fingerprint density at radius 1 is 0.648 bits per heavy atom. The van der Waals surface area contributed by atoms with Gasteiger partial charge >= 0.3 is 39.5 Å². The van der Waals surface area contributed by atoms with E-state index in [1.807, 2.05) is 49.4 Å². The number of carbonyl (C=O) groups excluding carboxylic acids is 1. The standard InChI is InChI=1S/C12H14ClN2O3PS.C12H15N2O3PS.C10H11N2O3PS.C9H10ClN2O5PS.C8H18NO4PS2/c1-3-16-19(20,17-4-2)18-15-12(9-14)10-7-5-6-8-11(10)13;1-3-15-18(19,16-4-2)17-14-12(10-13)11-8-6-5-7-9-11;1-13-16(17,14-2)15-12-10(8-11)9-6-4-3-5-7-9;1-15-18(14,16-2)19-5-12-8-7(17-9(12)13)3-6(10)4-11-8;1-7(8(10)9-2)15-5-6-16-14(11,12-3)13-4/h5-8H,3-4H2,1-2H3;5-9H,3-4H2,1-2H3;3-7H,1-2H3;3-4H,5H2,1-2H3;7H,5-6H2,1-4H3,(H,9,10)/b15-12-;14-12-;12-10-;;. The summed E-state index contributed by atoms with van der Waals surface area (Å²) >= 11 is 30.5. The Balaban J connectivity index is 0.000000570. The second kappa shape index (κ2) is 46.2. The predicted octanol–water partition coefficient (Wildman–Crippen LogP) is 14.3. The van der Waals surface area contributed by atoms with Gasteiger partial charge in [-0.25, -0.2) is 23.5 Å². The molecule has 0 bridgehead atoms. The molecule has 0 aliphatic rings. The van der Waals surface area contributed by atoms with Crippen LogP contribution < -0.4 is 11.1 Å². The number of pyridine rings is 1. The van der Waals surface area contributed by atoms with Crippen LogP contribution in [0.25, 0.3) is 11.2 Å². The van der Waals surface area contributed by atoms with Gasteiger partial charge in [0.2, 0.25) is 5.91 Å². The number of nitriles is 3. The van der Waals surface area contributed by atoms with Gasteiger partial charge < -0.3 is 50.7 Å². The van der Waals surface area contributed by atoms with E-state index >= 15 is 0 Å². The highest BCUT2D eigenvalue weighted by Crippen LogP contribution is 2.60. The third-order valence-corrected chi connectivity index (χ3v) is 26.4. The molecule has 0 saturated heterocycles. The van der Waals surface area contributed by atoms with Crippen LogP contribution in [-0.2, 0) is 114 Å². The Bertz CT molecular complexity index is 3540. The summed E-state index contributed by atoms with van der Waals surface area (Å²) in [5.41, 5.74) is 2.62. The number of hydrogen-bond acceptors (Lipinski definition) is 31. The Labute approximate surface area is 566 Å². The molecule has 3 aromatic carbocycles. The van der Waals surface area contributed by atoms with E-state index in [-0.39, 0.29) is 39.8 Å². The molecular formula is C51H68Cl2N9O18P5S6. The Morgan fingerprint density at radius 3 is 1.47 bits per heavy atom. The number of aromatic nitrogens is 2. The number of hydrogen-bond donors (Lipinski definition) is 1. The van der Waals surface area contributed by atoms with Crippen LogP contribution in [0, 0.1) is 34.0 Å². The number of oxime groups is 3. The Kier molecular flexibility index (Phi) is 43.2. The largest absolute Gasteiger partial charge is 0.421 e. The number of halogens is 2. The first-order chi connectivity index (χ1) is 43.3. The molecule has 91 heavy (non-hydrogen) atoms. The average Bonchev–Trinajstić information content (AvgIpc) is 1.73. The zero-order valence-electron chi connectivity index (χ0n) is 51.1. The van der Waals surface area contributed by atoms with E-state index < -0.39 is 39.5 Å². The molecule has 0 fully saturated rings. The minimum Gasteiger partial charge on any atom is -0.406 e. The fraction of sp³-hybridized carbons (Fsp3) is 0.392. The second-order valence-electron chi connectivity index (χ2n) is 15.6. The summed E-state index contributed by atoms with van der Waals surface area (Å²) in [4.78, 5) is 26.9. The van der Waals surface area contributed by atoms with Crippen molar-refractivity contribution in [2.24, 2.45) is 15.5 Å². The van der Waals surface area contributed by atoms with E-state index in [1.54, 1.807) is 95.4 Å². The second-order valence-corrected chi connectivity index (χ2v) is 35.5. The molecule has 0 aliphatic heterocycles. The normalized spacial score (nSPS) is 12.3. The number of rotatable bonds is 32. The van der Waals surface area contributed by atoms with Crippen molar-refractivity contribution in [3.8, 4) is 18.2 Å². The summed E-state index contributed by atoms with van der Waals surface area (Å²) in [5, 5.41) is 41.6. The molecule has 0 radical (unpaired) electrons. The van der Waals surface area contributed by atoms with Gasteiger partial charge in [0.25, 0.3) is 0 Å². The monoisotopic (exact) mass is 1510 g/mol. The molecular weight excluding hydrogens is 1440 g/mol. The maximum atomic E-state index is 11.9. The van der Waals surface area contributed by atoms with E-state index in [1.165, 1.54) is 71.3 Å². The summed E-state index contributed by atoms with van der Waals surface area (Å²) in [6.45, 7) is -4.65. The third-order valence-electron chi connectivity index (χ3n) is 9.86. The van der Waals surface area contributed by atoms with Crippen LogP contribution in [0.2, 0.25) is 10.0 Å². The zero-order chi connectivity index (χ0) is 68.5. The molecule has 1 atom stereocenters. The van der Waals surface area contributed by atoms with Gasteiger partial charge in [-0.1, -0.05) is 118 Å². The molecule has 27 nitrogen and oxygen atoms in total. The number of benzene rings is 3. The average molecular weight is 1510 g/mol. The SMILES string of the molecule is CCOP(=S)(OCC)O/N=C(/C#N)c1ccccc1.CCOP(=S)(OCC)O/N=C(/C#N)c1ccccc1Cl.CNC(=O)C(C)SCCSP(=O)(OC)OC.COP(=O)(OC)SCn1c(=O)oc2cc(Cl)cnc21.COP(=S)(OC)O/N=C(/C#N)c1ccccc1. The maximum Gasteiger partial charge on any atom is 0.421 e. The molecule has 5 rings (SSSR count). The fourth-order valence-electron chi connectivity index (χ4n) is 5.65. The molecule has 1 amide bonds. The number of fused-ring (bicyclic) bond motifs is 1. The zero-order valence-corrected chi connectivity index (χ0v) is 62.0. The first kappa shape index (κ1) is 85.1. The molecule has 40 heteroatoms. The molecule has 5 aromatic rings. The fourth-order valence-corrected chi connectivity index (χ4v) is 16.1. The maximum absolute atomic E-state index is 11.9. The van der Waals surface area contributed by atoms with E-state index in [4.69, 9.17) is 138 Å². The lowest BCUT2D eigenvalue weighted by Gasteiger charge is -2.17. The lowest BCUT2D eigenvalue weighted by atomic mass is 10.1. The van der Waals surface area contributed by atoms with Crippen molar-refractivity contribution in [2.45, 2.75) is 45.7 Å². The van der Waals surface area contributed by atoms with Crippen molar-refractivity contribution in [3.05, 3.63) is 134 Å². The van der Waals surface area contributed by atoms with Crippen LogP contribution in [0.1, 0.15) is 51.3 Å².